The van der Waals surface area contributed by atoms with Crippen LogP contribution in [0.4, 0.5) is 0 Å². The standard InChI is InChI=1S/C18H19NOS/c1-14(2)19-13-18(20-17(19)21,15-9-5-3-6-10-15)16-11-7-4-8-12-16/h3-12,14H,13H2,1-2H3. The summed E-state index contributed by atoms with van der Waals surface area (Å²) in [5.41, 5.74) is 1.77. The summed E-state index contributed by atoms with van der Waals surface area (Å²) in [5, 5.41) is 0.581. The first-order valence-electron chi connectivity index (χ1n) is 7.24. The van der Waals surface area contributed by atoms with Gasteiger partial charge in [-0.1, -0.05) is 60.7 Å². The second kappa shape index (κ2) is 5.49. The van der Waals surface area contributed by atoms with Gasteiger partial charge in [0.05, 0.1) is 6.54 Å². The van der Waals surface area contributed by atoms with E-state index in [1.165, 1.54) is 0 Å². The molecule has 3 rings (SSSR count). The van der Waals surface area contributed by atoms with Crippen molar-refractivity contribution in [1.82, 2.24) is 4.90 Å². The zero-order chi connectivity index (χ0) is 14.9. The Morgan fingerprint density at radius 2 is 1.43 bits per heavy atom. The van der Waals surface area contributed by atoms with Crippen molar-refractivity contribution in [2.75, 3.05) is 6.54 Å². The SMILES string of the molecule is CC(C)N1CC(c2ccccc2)(c2ccccc2)OC1=S. The largest absolute Gasteiger partial charge is 0.453 e. The molecule has 1 aliphatic heterocycles. The second-order valence-electron chi connectivity index (χ2n) is 5.65. The first kappa shape index (κ1) is 14.1. The van der Waals surface area contributed by atoms with Gasteiger partial charge >= 0.3 is 0 Å². The molecule has 0 unspecified atom stereocenters. The number of hydrogen-bond donors (Lipinski definition) is 0. The minimum atomic E-state index is -0.510. The number of hydrogen-bond acceptors (Lipinski definition) is 2. The van der Waals surface area contributed by atoms with Crippen LogP contribution in [-0.2, 0) is 10.3 Å². The van der Waals surface area contributed by atoms with E-state index in [-0.39, 0.29) is 0 Å². The molecule has 1 saturated heterocycles. The summed E-state index contributed by atoms with van der Waals surface area (Å²) in [6, 6.07) is 21.0. The van der Waals surface area contributed by atoms with E-state index < -0.39 is 5.60 Å². The van der Waals surface area contributed by atoms with Crippen LogP contribution < -0.4 is 0 Å². The van der Waals surface area contributed by atoms with Gasteiger partial charge in [-0.05, 0) is 26.1 Å². The van der Waals surface area contributed by atoms with Crippen LogP contribution in [0.25, 0.3) is 0 Å². The van der Waals surface area contributed by atoms with Gasteiger partial charge < -0.3 is 9.64 Å². The quantitative estimate of drug-likeness (QED) is 0.796. The Hall–Kier alpha value is -1.87. The first-order valence-corrected chi connectivity index (χ1v) is 7.65. The Bertz CT molecular complexity index is 585. The van der Waals surface area contributed by atoms with Crippen molar-refractivity contribution in [2.45, 2.75) is 25.5 Å². The Kier molecular flexibility index (Phi) is 3.68. The summed E-state index contributed by atoms with van der Waals surface area (Å²) >= 11 is 5.47. The molecule has 0 N–H and O–H groups in total. The van der Waals surface area contributed by atoms with Crippen molar-refractivity contribution in [3.05, 3.63) is 71.8 Å². The fraction of sp³-hybridized carbons (Fsp3) is 0.278. The van der Waals surface area contributed by atoms with E-state index >= 15 is 0 Å². The van der Waals surface area contributed by atoms with E-state index in [4.69, 9.17) is 17.0 Å². The zero-order valence-corrected chi connectivity index (χ0v) is 13.1. The summed E-state index contributed by atoms with van der Waals surface area (Å²) in [5.74, 6) is 0. The molecule has 1 fully saturated rings. The van der Waals surface area contributed by atoms with E-state index in [1.54, 1.807) is 0 Å². The molecule has 2 nitrogen and oxygen atoms in total. The van der Waals surface area contributed by atoms with Gasteiger partial charge in [0.25, 0.3) is 5.17 Å². The molecule has 108 valence electrons. The maximum atomic E-state index is 6.25. The monoisotopic (exact) mass is 297 g/mol. The molecular weight excluding hydrogens is 278 g/mol. The number of nitrogens with zero attached hydrogens (tertiary/aromatic N) is 1. The Morgan fingerprint density at radius 1 is 0.952 bits per heavy atom. The summed E-state index contributed by atoms with van der Waals surface area (Å²) in [4.78, 5) is 2.15. The molecule has 2 aromatic carbocycles. The lowest BCUT2D eigenvalue weighted by Crippen LogP contribution is -2.36. The van der Waals surface area contributed by atoms with Gasteiger partial charge in [-0.3, -0.25) is 0 Å². The van der Waals surface area contributed by atoms with Crippen LogP contribution in [0, 0.1) is 0 Å². The van der Waals surface area contributed by atoms with Gasteiger partial charge in [0, 0.05) is 17.2 Å². The van der Waals surface area contributed by atoms with Gasteiger partial charge in [-0.2, -0.15) is 0 Å². The molecule has 0 bridgehead atoms. The molecule has 21 heavy (non-hydrogen) atoms. The molecule has 0 aromatic heterocycles. The van der Waals surface area contributed by atoms with Crippen LogP contribution in [0.15, 0.2) is 60.7 Å². The number of rotatable bonds is 3. The van der Waals surface area contributed by atoms with Crippen LogP contribution in [0.1, 0.15) is 25.0 Å². The molecule has 1 aliphatic rings. The minimum Gasteiger partial charge on any atom is -0.453 e. The summed E-state index contributed by atoms with van der Waals surface area (Å²) in [6.45, 7) is 5.03. The molecule has 2 aromatic rings. The van der Waals surface area contributed by atoms with Crippen molar-refractivity contribution >= 4 is 17.4 Å². The third-order valence-corrected chi connectivity index (χ3v) is 4.31. The van der Waals surface area contributed by atoms with Crippen LogP contribution in [-0.4, -0.2) is 22.7 Å². The van der Waals surface area contributed by atoms with Crippen LogP contribution in [0.2, 0.25) is 0 Å². The molecule has 3 heteroatoms. The van der Waals surface area contributed by atoms with Crippen LogP contribution in [0.5, 0.6) is 0 Å². The van der Waals surface area contributed by atoms with Gasteiger partial charge in [0.1, 0.15) is 0 Å². The highest BCUT2D eigenvalue weighted by atomic mass is 32.1. The summed E-state index contributed by atoms with van der Waals surface area (Å²) in [6.07, 6.45) is 0. The Balaban J connectivity index is 2.12. The predicted molar refractivity (Wildman–Crippen MR) is 89.2 cm³/mol. The maximum Gasteiger partial charge on any atom is 0.261 e. The average molecular weight is 297 g/mol. The third kappa shape index (κ3) is 2.42. The lowest BCUT2D eigenvalue weighted by Gasteiger charge is -2.29. The lowest BCUT2D eigenvalue weighted by molar-refractivity contribution is 0.138. The van der Waals surface area contributed by atoms with E-state index in [2.05, 4.69) is 43.0 Å². The fourth-order valence-corrected chi connectivity index (χ4v) is 3.24. The van der Waals surface area contributed by atoms with Gasteiger partial charge in [-0.15, -0.1) is 0 Å². The minimum absolute atomic E-state index is 0.326. The molecule has 0 aliphatic carbocycles. The molecule has 0 spiro atoms. The van der Waals surface area contributed by atoms with E-state index in [9.17, 15) is 0 Å². The Morgan fingerprint density at radius 3 is 1.81 bits per heavy atom. The van der Waals surface area contributed by atoms with Crippen LogP contribution in [0.3, 0.4) is 0 Å². The number of benzene rings is 2. The molecule has 1 heterocycles. The van der Waals surface area contributed by atoms with Crippen molar-refractivity contribution in [1.29, 1.82) is 0 Å². The highest BCUT2D eigenvalue weighted by Crippen LogP contribution is 2.40. The van der Waals surface area contributed by atoms with Crippen molar-refractivity contribution in [2.24, 2.45) is 0 Å². The van der Waals surface area contributed by atoms with Crippen molar-refractivity contribution in [3.63, 3.8) is 0 Å². The van der Waals surface area contributed by atoms with E-state index in [0.717, 1.165) is 17.7 Å². The Labute approximate surface area is 131 Å². The highest BCUT2D eigenvalue weighted by Gasteiger charge is 2.46. The topological polar surface area (TPSA) is 12.5 Å². The number of ether oxygens (including phenoxy) is 1. The lowest BCUT2D eigenvalue weighted by atomic mass is 9.86. The van der Waals surface area contributed by atoms with E-state index in [0.29, 0.717) is 11.2 Å². The third-order valence-electron chi connectivity index (χ3n) is 3.99. The highest BCUT2D eigenvalue weighted by molar-refractivity contribution is 7.80. The molecule has 0 radical (unpaired) electrons. The van der Waals surface area contributed by atoms with Gasteiger partial charge in [0.15, 0.2) is 5.60 Å². The second-order valence-corrected chi connectivity index (χ2v) is 6.00. The first-order chi connectivity index (χ1) is 10.1. The smallest absolute Gasteiger partial charge is 0.261 e. The zero-order valence-electron chi connectivity index (χ0n) is 12.3. The summed E-state index contributed by atoms with van der Waals surface area (Å²) < 4.78 is 6.25. The predicted octanol–water partition coefficient (Wildman–Crippen LogP) is 3.96. The molecule has 0 saturated carbocycles. The molecule has 0 atom stereocenters. The van der Waals surface area contributed by atoms with Crippen molar-refractivity contribution in [3.8, 4) is 0 Å². The maximum absolute atomic E-state index is 6.25. The number of thiocarbonyl (C=S) groups is 1. The molecule has 0 amide bonds. The van der Waals surface area contributed by atoms with Gasteiger partial charge in [0.2, 0.25) is 0 Å². The van der Waals surface area contributed by atoms with Gasteiger partial charge in [-0.25, -0.2) is 0 Å². The molecular formula is C18H19NOS. The normalized spacial score (nSPS) is 17.1. The summed E-state index contributed by atoms with van der Waals surface area (Å²) in [7, 11) is 0. The van der Waals surface area contributed by atoms with Crippen molar-refractivity contribution < 1.29 is 4.74 Å². The van der Waals surface area contributed by atoms with Crippen LogP contribution >= 0.6 is 12.2 Å². The average Bonchev–Trinajstić information content (AvgIpc) is 2.88. The fourth-order valence-electron chi connectivity index (χ4n) is 2.82. The van der Waals surface area contributed by atoms with E-state index in [1.807, 2.05) is 36.4 Å².